The van der Waals surface area contributed by atoms with E-state index in [4.69, 9.17) is 0 Å². The van der Waals surface area contributed by atoms with Gasteiger partial charge >= 0.3 is 0 Å². The van der Waals surface area contributed by atoms with Crippen molar-refractivity contribution in [1.82, 2.24) is 0 Å². The van der Waals surface area contributed by atoms with Crippen LogP contribution < -0.4 is 0 Å². The van der Waals surface area contributed by atoms with Gasteiger partial charge in [0.2, 0.25) is 0 Å². The summed E-state index contributed by atoms with van der Waals surface area (Å²) in [4.78, 5) is 0. The SMILES string of the molecule is CC=C(C=C(C)C=C(C)C(CC)CCCC)CC. The second-order valence-corrected chi connectivity index (χ2v) is 5.24. The minimum absolute atomic E-state index is 0.768. The Morgan fingerprint density at radius 1 is 1.06 bits per heavy atom. The summed E-state index contributed by atoms with van der Waals surface area (Å²) in [5, 5.41) is 0. The molecule has 0 amide bonds. The van der Waals surface area contributed by atoms with Crippen LogP contribution in [-0.4, -0.2) is 0 Å². The highest BCUT2D eigenvalue weighted by Crippen LogP contribution is 2.23. The van der Waals surface area contributed by atoms with E-state index < -0.39 is 0 Å². The van der Waals surface area contributed by atoms with Crippen molar-refractivity contribution in [3.63, 3.8) is 0 Å². The first-order valence-electron chi connectivity index (χ1n) is 7.60. The average molecular weight is 248 g/mol. The van der Waals surface area contributed by atoms with Gasteiger partial charge in [-0.15, -0.1) is 0 Å². The van der Waals surface area contributed by atoms with Crippen molar-refractivity contribution in [2.75, 3.05) is 0 Å². The molecular formula is C18H32. The molecule has 0 aromatic rings. The molecule has 0 saturated heterocycles. The molecule has 0 N–H and O–H groups in total. The second-order valence-electron chi connectivity index (χ2n) is 5.24. The summed E-state index contributed by atoms with van der Waals surface area (Å²) in [5.41, 5.74) is 4.36. The number of rotatable bonds is 8. The van der Waals surface area contributed by atoms with Crippen LogP contribution in [0.3, 0.4) is 0 Å². The Kier molecular flexibility index (Phi) is 9.73. The van der Waals surface area contributed by atoms with E-state index in [1.165, 1.54) is 36.8 Å². The molecule has 0 spiro atoms. The zero-order valence-corrected chi connectivity index (χ0v) is 13.3. The summed E-state index contributed by atoms with van der Waals surface area (Å²) in [5.74, 6) is 0.768. The molecule has 104 valence electrons. The van der Waals surface area contributed by atoms with Crippen molar-refractivity contribution in [1.29, 1.82) is 0 Å². The molecule has 0 aliphatic rings. The summed E-state index contributed by atoms with van der Waals surface area (Å²) >= 11 is 0. The molecule has 0 bridgehead atoms. The number of hydrogen-bond donors (Lipinski definition) is 0. The Hall–Kier alpha value is -0.780. The molecule has 0 rings (SSSR count). The van der Waals surface area contributed by atoms with Gasteiger partial charge in [0, 0.05) is 0 Å². The van der Waals surface area contributed by atoms with Crippen molar-refractivity contribution in [3.05, 3.63) is 34.9 Å². The molecule has 1 unspecified atom stereocenters. The van der Waals surface area contributed by atoms with Gasteiger partial charge in [0.05, 0.1) is 0 Å². The Morgan fingerprint density at radius 3 is 2.17 bits per heavy atom. The van der Waals surface area contributed by atoms with Gasteiger partial charge in [-0.1, -0.05) is 68.6 Å². The highest BCUT2D eigenvalue weighted by atomic mass is 14.1. The van der Waals surface area contributed by atoms with E-state index in [1.54, 1.807) is 5.57 Å². The van der Waals surface area contributed by atoms with Crippen LogP contribution in [0.2, 0.25) is 0 Å². The first kappa shape index (κ1) is 17.2. The maximum atomic E-state index is 2.38. The van der Waals surface area contributed by atoms with E-state index in [2.05, 4.69) is 59.8 Å². The lowest BCUT2D eigenvalue weighted by Gasteiger charge is -2.15. The van der Waals surface area contributed by atoms with Gasteiger partial charge in [-0.2, -0.15) is 0 Å². The molecule has 0 radical (unpaired) electrons. The van der Waals surface area contributed by atoms with Gasteiger partial charge in [0.15, 0.2) is 0 Å². The van der Waals surface area contributed by atoms with Crippen LogP contribution in [0, 0.1) is 5.92 Å². The predicted octanol–water partition coefficient (Wildman–Crippen LogP) is 6.45. The Balaban J connectivity index is 4.72. The molecule has 0 aromatic carbocycles. The van der Waals surface area contributed by atoms with E-state index >= 15 is 0 Å². The number of allylic oxidation sites excluding steroid dienone is 6. The second kappa shape index (κ2) is 10.2. The lowest BCUT2D eigenvalue weighted by molar-refractivity contribution is 0.514. The van der Waals surface area contributed by atoms with E-state index in [0.29, 0.717) is 0 Å². The van der Waals surface area contributed by atoms with Crippen molar-refractivity contribution in [3.8, 4) is 0 Å². The topological polar surface area (TPSA) is 0 Å². The van der Waals surface area contributed by atoms with Crippen LogP contribution in [0.15, 0.2) is 34.9 Å². The highest BCUT2D eigenvalue weighted by Gasteiger charge is 2.07. The summed E-state index contributed by atoms with van der Waals surface area (Å²) in [6.45, 7) is 13.4. The van der Waals surface area contributed by atoms with Gasteiger partial charge in [-0.3, -0.25) is 0 Å². The van der Waals surface area contributed by atoms with Crippen LogP contribution in [-0.2, 0) is 0 Å². The van der Waals surface area contributed by atoms with E-state index in [0.717, 1.165) is 12.3 Å². The molecule has 0 nitrogen and oxygen atoms in total. The van der Waals surface area contributed by atoms with Gasteiger partial charge in [-0.05, 0) is 46.0 Å². The largest absolute Gasteiger partial charge is 0.0844 e. The molecule has 1 atom stereocenters. The van der Waals surface area contributed by atoms with E-state index in [-0.39, 0.29) is 0 Å². The third-order valence-corrected chi connectivity index (χ3v) is 3.69. The van der Waals surface area contributed by atoms with E-state index in [1.807, 2.05) is 0 Å². The first-order chi connectivity index (χ1) is 8.58. The minimum Gasteiger partial charge on any atom is -0.0844 e. The fourth-order valence-electron chi connectivity index (χ4n) is 2.40. The molecule has 0 aliphatic carbocycles. The lowest BCUT2D eigenvalue weighted by Crippen LogP contribution is -2.00. The molecular weight excluding hydrogens is 216 g/mol. The quantitative estimate of drug-likeness (QED) is 0.433. The minimum atomic E-state index is 0.768. The summed E-state index contributed by atoms with van der Waals surface area (Å²) < 4.78 is 0. The van der Waals surface area contributed by atoms with Crippen LogP contribution in [0.5, 0.6) is 0 Å². The molecule has 0 heterocycles. The monoisotopic (exact) mass is 248 g/mol. The summed E-state index contributed by atoms with van der Waals surface area (Å²) in [6.07, 6.45) is 13.3. The Bertz CT molecular complexity index is 302. The zero-order chi connectivity index (χ0) is 14.0. The van der Waals surface area contributed by atoms with Gasteiger partial charge in [-0.25, -0.2) is 0 Å². The van der Waals surface area contributed by atoms with Crippen LogP contribution in [0.1, 0.15) is 73.6 Å². The molecule has 0 saturated carbocycles. The maximum absolute atomic E-state index is 2.38. The van der Waals surface area contributed by atoms with E-state index in [9.17, 15) is 0 Å². The standard InChI is InChI=1S/C18H32/c1-7-11-12-18(10-4)16(6)13-15(5)14-17(8-2)9-3/h8,13-14,18H,7,9-12H2,1-6H3. The predicted molar refractivity (Wildman–Crippen MR) is 84.9 cm³/mol. The third kappa shape index (κ3) is 6.83. The van der Waals surface area contributed by atoms with Crippen LogP contribution in [0.25, 0.3) is 0 Å². The molecule has 0 aliphatic heterocycles. The highest BCUT2D eigenvalue weighted by molar-refractivity contribution is 5.30. The normalized spacial score (nSPS) is 16.0. The molecule has 0 heteroatoms. The van der Waals surface area contributed by atoms with Crippen molar-refractivity contribution in [2.45, 2.75) is 73.6 Å². The Labute approximate surface area is 115 Å². The first-order valence-corrected chi connectivity index (χ1v) is 7.60. The van der Waals surface area contributed by atoms with Crippen LogP contribution in [0.4, 0.5) is 0 Å². The van der Waals surface area contributed by atoms with Crippen molar-refractivity contribution < 1.29 is 0 Å². The van der Waals surface area contributed by atoms with Crippen LogP contribution >= 0.6 is 0 Å². The summed E-state index contributed by atoms with van der Waals surface area (Å²) in [6, 6.07) is 0. The summed E-state index contributed by atoms with van der Waals surface area (Å²) in [7, 11) is 0. The molecule has 0 fully saturated rings. The van der Waals surface area contributed by atoms with Gasteiger partial charge in [0.1, 0.15) is 0 Å². The molecule has 18 heavy (non-hydrogen) atoms. The third-order valence-electron chi connectivity index (χ3n) is 3.69. The van der Waals surface area contributed by atoms with Gasteiger partial charge in [0.25, 0.3) is 0 Å². The lowest BCUT2D eigenvalue weighted by atomic mass is 9.90. The smallest absolute Gasteiger partial charge is 0.0205 e. The average Bonchev–Trinajstić information content (AvgIpc) is 2.36. The van der Waals surface area contributed by atoms with Crippen molar-refractivity contribution >= 4 is 0 Å². The fraction of sp³-hybridized carbons (Fsp3) is 0.667. The number of hydrogen-bond acceptors (Lipinski definition) is 0. The Morgan fingerprint density at radius 2 is 1.72 bits per heavy atom. The maximum Gasteiger partial charge on any atom is -0.0205 e. The zero-order valence-electron chi connectivity index (χ0n) is 13.3. The number of unbranched alkanes of at least 4 members (excludes halogenated alkanes) is 1. The van der Waals surface area contributed by atoms with Crippen molar-refractivity contribution in [2.24, 2.45) is 5.92 Å². The fourth-order valence-corrected chi connectivity index (χ4v) is 2.40. The molecule has 0 aromatic heterocycles. The van der Waals surface area contributed by atoms with Gasteiger partial charge < -0.3 is 0 Å².